The van der Waals surface area contributed by atoms with Crippen LogP contribution in [0, 0.1) is 0 Å². The Hall–Kier alpha value is -1.06. The van der Waals surface area contributed by atoms with Gasteiger partial charge in [0, 0.05) is 18.1 Å². The SMILES string of the molecule is CC(C)NCc1ccc(OCC=CCl)cn1. The lowest BCUT2D eigenvalue weighted by Crippen LogP contribution is -2.22. The van der Waals surface area contributed by atoms with Crippen LogP contribution in [0.1, 0.15) is 19.5 Å². The number of ether oxygens (including phenoxy) is 1. The lowest BCUT2D eigenvalue weighted by molar-refractivity contribution is 0.361. The third kappa shape index (κ3) is 5.14. The highest BCUT2D eigenvalue weighted by Crippen LogP contribution is 2.09. The molecule has 0 aliphatic rings. The first-order valence-corrected chi connectivity index (χ1v) is 5.72. The summed E-state index contributed by atoms with van der Waals surface area (Å²) in [5, 5.41) is 3.30. The van der Waals surface area contributed by atoms with E-state index in [4.69, 9.17) is 16.3 Å². The van der Waals surface area contributed by atoms with Crippen LogP contribution in [0.5, 0.6) is 5.75 Å². The molecule has 0 aliphatic carbocycles. The van der Waals surface area contributed by atoms with Gasteiger partial charge in [-0.15, -0.1) is 0 Å². The molecule has 16 heavy (non-hydrogen) atoms. The summed E-state index contributed by atoms with van der Waals surface area (Å²) in [5.74, 6) is 0.753. The molecule has 0 amide bonds. The number of rotatable bonds is 6. The maximum atomic E-state index is 5.38. The van der Waals surface area contributed by atoms with E-state index in [9.17, 15) is 0 Å². The summed E-state index contributed by atoms with van der Waals surface area (Å²) >= 11 is 5.38. The molecule has 1 N–H and O–H groups in total. The molecule has 0 radical (unpaired) electrons. The van der Waals surface area contributed by atoms with Crippen molar-refractivity contribution in [2.45, 2.75) is 26.4 Å². The van der Waals surface area contributed by atoms with Gasteiger partial charge in [0.25, 0.3) is 0 Å². The molecule has 0 aliphatic heterocycles. The first-order valence-electron chi connectivity index (χ1n) is 5.28. The van der Waals surface area contributed by atoms with Gasteiger partial charge in [-0.2, -0.15) is 0 Å². The molecule has 0 saturated heterocycles. The van der Waals surface area contributed by atoms with E-state index in [-0.39, 0.29) is 0 Å². The molecular formula is C12H17ClN2O. The van der Waals surface area contributed by atoms with Crippen molar-refractivity contribution >= 4 is 11.6 Å². The van der Waals surface area contributed by atoms with Crippen molar-refractivity contribution in [3.63, 3.8) is 0 Å². The van der Waals surface area contributed by atoms with Crippen molar-refractivity contribution in [3.8, 4) is 5.75 Å². The zero-order chi connectivity index (χ0) is 11.8. The number of pyridine rings is 1. The number of hydrogen-bond acceptors (Lipinski definition) is 3. The Balaban J connectivity index is 2.41. The van der Waals surface area contributed by atoms with Crippen LogP contribution in [-0.4, -0.2) is 17.6 Å². The highest BCUT2D eigenvalue weighted by atomic mass is 35.5. The minimum absolute atomic E-state index is 0.464. The third-order valence-corrected chi connectivity index (χ3v) is 2.10. The second-order valence-corrected chi connectivity index (χ2v) is 3.95. The minimum Gasteiger partial charge on any atom is -0.488 e. The molecule has 4 heteroatoms. The van der Waals surface area contributed by atoms with Crippen LogP contribution in [0.15, 0.2) is 29.9 Å². The van der Waals surface area contributed by atoms with Crippen LogP contribution in [0.3, 0.4) is 0 Å². The van der Waals surface area contributed by atoms with Gasteiger partial charge in [-0.1, -0.05) is 25.4 Å². The Morgan fingerprint density at radius 3 is 2.88 bits per heavy atom. The molecule has 0 fully saturated rings. The monoisotopic (exact) mass is 240 g/mol. The summed E-state index contributed by atoms with van der Waals surface area (Å²) in [6, 6.07) is 4.33. The van der Waals surface area contributed by atoms with Gasteiger partial charge in [-0.3, -0.25) is 4.98 Å². The fourth-order valence-corrected chi connectivity index (χ4v) is 1.16. The maximum Gasteiger partial charge on any atom is 0.138 e. The Morgan fingerprint density at radius 1 is 1.50 bits per heavy atom. The second-order valence-electron chi connectivity index (χ2n) is 3.69. The first-order chi connectivity index (χ1) is 7.72. The van der Waals surface area contributed by atoms with Gasteiger partial charge in [0.15, 0.2) is 0 Å². The quantitative estimate of drug-likeness (QED) is 0.830. The van der Waals surface area contributed by atoms with Gasteiger partial charge in [-0.25, -0.2) is 0 Å². The molecule has 1 heterocycles. The van der Waals surface area contributed by atoms with Crippen LogP contribution in [0.25, 0.3) is 0 Å². The molecule has 1 rings (SSSR count). The minimum atomic E-state index is 0.464. The average molecular weight is 241 g/mol. The predicted molar refractivity (Wildman–Crippen MR) is 66.7 cm³/mol. The van der Waals surface area contributed by atoms with Crippen molar-refractivity contribution in [2.75, 3.05) is 6.61 Å². The number of nitrogens with one attached hydrogen (secondary N) is 1. The largest absolute Gasteiger partial charge is 0.488 e. The van der Waals surface area contributed by atoms with E-state index in [1.165, 1.54) is 5.54 Å². The van der Waals surface area contributed by atoms with Crippen LogP contribution < -0.4 is 10.1 Å². The van der Waals surface area contributed by atoms with Gasteiger partial charge >= 0.3 is 0 Å². The normalized spacial score (nSPS) is 11.2. The molecule has 0 atom stereocenters. The summed E-state index contributed by atoms with van der Waals surface area (Å²) < 4.78 is 5.37. The molecule has 0 saturated carbocycles. The molecular weight excluding hydrogens is 224 g/mol. The standard InChI is InChI=1S/C12H17ClN2O/c1-10(2)14-8-11-4-5-12(9-15-11)16-7-3-6-13/h3-6,9-10,14H,7-8H2,1-2H3. The van der Waals surface area contributed by atoms with E-state index in [1.807, 2.05) is 12.1 Å². The molecule has 0 unspecified atom stereocenters. The van der Waals surface area contributed by atoms with Crippen molar-refractivity contribution in [2.24, 2.45) is 0 Å². The fourth-order valence-electron chi connectivity index (χ4n) is 1.09. The zero-order valence-corrected chi connectivity index (χ0v) is 10.4. The van der Waals surface area contributed by atoms with Gasteiger partial charge in [0.2, 0.25) is 0 Å². The highest BCUT2D eigenvalue weighted by Gasteiger charge is 1.97. The van der Waals surface area contributed by atoms with Crippen molar-refractivity contribution in [1.82, 2.24) is 10.3 Å². The Morgan fingerprint density at radius 2 is 2.31 bits per heavy atom. The smallest absolute Gasteiger partial charge is 0.138 e. The average Bonchev–Trinajstić information content (AvgIpc) is 2.28. The van der Waals surface area contributed by atoms with Gasteiger partial charge in [-0.05, 0) is 18.2 Å². The Labute approximate surface area is 101 Å². The molecule has 1 aromatic heterocycles. The van der Waals surface area contributed by atoms with Crippen molar-refractivity contribution in [1.29, 1.82) is 0 Å². The topological polar surface area (TPSA) is 34.1 Å². The van der Waals surface area contributed by atoms with E-state index in [0.717, 1.165) is 18.0 Å². The third-order valence-electron chi connectivity index (χ3n) is 1.92. The number of aromatic nitrogens is 1. The lowest BCUT2D eigenvalue weighted by Gasteiger charge is -2.08. The summed E-state index contributed by atoms with van der Waals surface area (Å²) in [5.41, 5.74) is 2.45. The fraction of sp³-hybridized carbons (Fsp3) is 0.417. The van der Waals surface area contributed by atoms with E-state index in [1.54, 1.807) is 12.3 Å². The molecule has 0 aromatic carbocycles. The van der Waals surface area contributed by atoms with E-state index < -0.39 is 0 Å². The second kappa shape index (κ2) is 7.25. The predicted octanol–water partition coefficient (Wildman–Crippen LogP) is 2.71. The maximum absolute atomic E-state index is 5.38. The van der Waals surface area contributed by atoms with Crippen molar-refractivity contribution < 1.29 is 4.74 Å². The van der Waals surface area contributed by atoms with E-state index in [2.05, 4.69) is 24.1 Å². The lowest BCUT2D eigenvalue weighted by atomic mass is 10.3. The molecule has 0 spiro atoms. The van der Waals surface area contributed by atoms with Crippen LogP contribution >= 0.6 is 11.6 Å². The zero-order valence-electron chi connectivity index (χ0n) is 9.61. The molecule has 3 nitrogen and oxygen atoms in total. The van der Waals surface area contributed by atoms with Gasteiger partial charge < -0.3 is 10.1 Å². The number of halogens is 1. The van der Waals surface area contributed by atoms with Gasteiger partial charge in [0.05, 0.1) is 11.9 Å². The summed E-state index contributed by atoms with van der Waals surface area (Å²) in [6.45, 7) is 5.46. The summed E-state index contributed by atoms with van der Waals surface area (Å²) in [6.07, 6.45) is 3.45. The molecule has 1 aromatic rings. The number of nitrogens with zero attached hydrogens (tertiary/aromatic N) is 1. The first kappa shape index (κ1) is 13.0. The van der Waals surface area contributed by atoms with Crippen molar-refractivity contribution in [3.05, 3.63) is 35.6 Å². The summed E-state index contributed by atoms with van der Waals surface area (Å²) in [7, 11) is 0. The Bertz CT molecular complexity index is 322. The Kier molecular flexibility index (Phi) is 5.90. The van der Waals surface area contributed by atoms with E-state index >= 15 is 0 Å². The highest BCUT2D eigenvalue weighted by molar-refractivity contribution is 6.25. The van der Waals surface area contributed by atoms with E-state index in [0.29, 0.717) is 12.6 Å². The van der Waals surface area contributed by atoms with Crippen LogP contribution in [-0.2, 0) is 6.54 Å². The van der Waals surface area contributed by atoms with Crippen LogP contribution in [0.2, 0.25) is 0 Å². The number of hydrogen-bond donors (Lipinski definition) is 1. The van der Waals surface area contributed by atoms with Gasteiger partial charge in [0.1, 0.15) is 12.4 Å². The summed E-state index contributed by atoms with van der Waals surface area (Å²) in [4.78, 5) is 4.28. The molecule has 0 bridgehead atoms. The van der Waals surface area contributed by atoms with Crippen LogP contribution in [0.4, 0.5) is 0 Å². The molecule has 88 valence electrons.